The summed E-state index contributed by atoms with van der Waals surface area (Å²) in [6.45, 7) is 6.21. The minimum Gasteiger partial charge on any atom is -0.451 e. The molecule has 0 unspecified atom stereocenters. The Hall–Kier alpha value is -4.86. The van der Waals surface area contributed by atoms with Crippen molar-refractivity contribution in [2.24, 2.45) is 5.92 Å². The Morgan fingerprint density at radius 2 is 1.60 bits per heavy atom. The number of anilines is 3. The number of nitro groups is 1. The molecule has 0 radical (unpaired) electrons. The summed E-state index contributed by atoms with van der Waals surface area (Å²) >= 11 is 0. The van der Waals surface area contributed by atoms with Gasteiger partial charge in [0.1, 0.15) is 11.3 Å². The number of carbonyl (C=O) groups is 2. The maximum absolute atomic E-state index is 13.0. The number of hydrogen-bond acceptors (Lipinski definition) is 7. The maximum Gasteiger partial charge on any atom is 0.293 e. The lowest BCUT2D eigenvalue weighted by Crippen LogP contribution is -2.48. The Morgan fingerprint density at radius 1 is 0.881 bits per heavy atom. The SMILES string of the molecule is CC1CCN(c2ccc(C(=O)Nc3ccc(N4CCN(C(=O)c5cc6ccccc6o5)CC4)cc3)cc2[N+](=O)[O-])CC1. The van der Waals surface area contributed by atoms with Crippen LogP contribution in [0.25, 0.3) is 11.0 Å². The quantitative estimate of drug-likeness (QED) is 0.232. The molecule has 1 N–H and O–H groups in total. The van der Waals surface area contributed by atoms with Crippen LogP contribution < -0.4 is 15.1 Å². The number of nitrogens with zero attached hydrogens (tertiary/aromatic N) is 4. The molecule has 42 heavy (non-hydrogen) atoms. The van der Waals surface area contributed by atoms with Crippen LogP contribution >= 0.6 is 0 Å². The molecule has 2 fully saturated rings. The topological polar surface area (TPSA) is 112 Å². The van der Waals surface area contributed by atoms with Crippen LogP contribution in [0.4, 0.5) is 22.7 Å². The molecule has 0 atom stereocenters. The van der Waals surface area contributed by atoms with Gasteiger partial charge < -0.3 is 24.4 Å². The van der Waals surface area contributed by atoms with Gasteiger partial charge in [0.05, 0.1) is 4.92 Å². The zero-order chi connectivity index (χ0) is 29.2. The third-order valence-electron chi connectivity index (χ3n) is 8.25. The number of para-hydroxylation sites is 1. The number of hydrogen-bond donors (Lipinski definition) is 1. The number of piperidine rings is 1. The van der Waals surface area contributed by atoms with Gasteiger partial charge in [0.2, 0.25) is 0 Å². The Labute approximate surface area is 243 Å². The molecule has 10 nitrogen and oxygen atoms in total. The summed E-state index contributed by atoms with van der Waals surface area (Å²) < 4.78 is 5.75. The predicted octanol–water partition coefficient (Wildman–Crippen LogP) is 5.79. The van der Waals surface area contributed by atoms with Gasteiger partial charge in [-0.1, -0.05) is 25.1 Å². The van der Waals surface area contributed by atoms with E-state index in [0.717, 1.165) is 37.0 Å². The van der Waals surface area contributed by atoms with E-state index in [9.17, 15) is 19.7 Å². The van der Waals surface area contributed by atoms with Crippen LogP contribution in [-0.4, -0.2) is 60.9 Å². The lowest BCUT2D eigenvalue weighted by Gasteiger charge is -2.35. The second kappa shape index (κ2) is 11.6. The monoisotopic (exact) mass is 567 g/mol. The fourth-order valence-corrected chi connectivity index (χ4v) is 5.70. The fraction of sp³-hybridized carbons (Fsp3) is 0.312. The first-order valence-corrected chi connectivity index (χ1v) is 14.3. The number of amides is 2. The molecular weight excluding hydrogens is 534 g/mol. The van der Waals surface area contributed by atoms with Crippen molar-refractivity contribution in [1.29, 1.82) is 0 Å². The van der Waals surface area contributed by atoms with E-state index in [0.29, 0.717) is 54.8 Å². The molecule has 0 aliphatic carbocycles. The zero-order valence-corrected chi connectivity index (χ0v) is 23.5. The van der Waals surface area contributed by atoms with E-state index < -0.39 is 10.8 Å². The number of rotatable bonds is 6. The molecule has 2 aliphatic rings. The number of furan rings is 1. The van der Waals surface area contributed by atoms with Crippen molar-refractivity contribution in [3.63, 3.8) is 0 Å². The Bertz CT molecular complexity index is 1580. The van der Waals surface area contributed by atoms with E-state index in [1.807, 2.05) is 53.4 Å². The lowest BCUT2D eigenvalue weighted by molar-refractivity contribution is -0.384. The molecule has 10 heteroatoms. The van der Waals surface area contributed by atoms with Crippen molar-refractivity contribution in [3.05, 3.63) is 94.2 Å². The van der Waals surface area contributed by atoms with Gasteiger partial charge >= 0.3 is 0 Å². The second-order valence-electron chi connectivity index (χ2n) is 11.1. The molecule has 216 valence electrons. The van der Waals surface area contributed by atoms with Crippen molar-refractivity contribution in [3.8, 4) is 0 Å². The number of piperazine rings is 1. The van der Waals surface area contributed by atoms with Crippen molar-refractivity contribution < 1.29 is 18.9 Å². The molecule has 0 bridgehead atoms. The minimum absolute atomic E-state index is 0.0505. The van der Waals surface area contributed by atoms with Crippen molar-refractivity contribution >= 4 is 45.5 Å². The average molecular weight is 568 g/mol. The molecule has 3 heterocycles. The molecule has 6 rings (SSSR count). The predicted molar refractivity (Wildman–Crippen MR) is 162 cm³/mol. The fourth-order valence-electron chi connectivity index (χ4n) is 5.70. The molecule has 2 saturated heterocycles. The Balaban J connectivity index is 1.06. The number of nitrogens with one attached hydrogen (secondary N) is 1. The molecule has 1 aromatic heterocycles. The maximum atomic E-state index is 13.0. The summed E-state index contributed by atoms with van der Waals surface area (Å²) in [6.07, 6.45) is 1.98. The normalized spacial score (nSPS) is 16.1. The number of nitro benzene ring substituents is 1. The first-order chi connectivity index (χ1) is 20.4. The van der Waals surface area contributed by atoms with Crippen molar-refractivity contribution in [2.45, 2.75) is 19.8 Å². The molecular formula is C32H33N5O5. The highest BCUT2D eigenvalue weighted by molar-refractivity contribution is 6.05. The van der Waals surface area contributed by atoms with Crippen molar-refractivity contribution in [2.75, 3.05) is 54.4 Å². The standard InChI is InChI=1S/C32H33N5O5/c1-22-12-14-35(15-13-22)27-11-6-24(20-28(27)37(40)41)31(38)33-25-7-9-26(10-8-25)34-16-18-36(19-17-34)32(39)30-21-23-4-2-3-5-29(23)42-30/h2-11,20-22H,12-19H2,1H3,(H,33,38). The number of carbonyl (C=O) groups excluding carboxylic acids is 2. The van der Waals surface area contributed by atoms with Gasteiger partial charge in [-0.05, 0) is 67.3 Å². The highest BCUT2D eigenvalue weighted by Crippen LogP contribution is 2.33. The molecule has 2 amide bonds. The van der Waals surface area contributed by atoms with Gasteiger partial charge in [0.15, 0.2) is 5.76 Å². The van der Waals surface area contributed by atoms with Gasteiger partial charge in [-0.2, -0.15) is 0 Å². The van der Waals surface area contributed by atoms with E-state index in [1.54, 1.807) is 23.1 Å². The molecule has 3 aromatic carbocycles. The van der Waals surface area contributed by atoms with Crippen LogP contribution in [0.15, 0.2) is 77.2 Å². The van der Waals surface area contributed by atoms with Crippen molar-refractivity contribution in [1.82, 2.24) is 4.90 Å². The van der Waals surface area contributed by atoms with E-state index in [2.05, 4.69) is 17.1 Å². The van der Waals surface area contributed by atoms with Crippen LogP contribution in [0.3, 0.4) is 0 Å². The van der Waals surface area contributed by atoms with Crippen LogP contribution in [0, 0.1) is 16.0 Å². The summed E-state index contributed by atoms with van der Waals surface area (Å²) in [7, 11) is 0. The highest BCUT2D eigenvalue weighted by atomic mass is 16.6. The second-order valence-corrected chi connectivity index (χ2v) is 11.1. The molecule has 4 aromatic rings. The van der Waals surface area contributed by atoms with Gasteiger partial charge in [-0.15, -0.1) is 0 Å². The van der Waals surface area contributed by atoms with Crippen LogP contribution in [0.2, 0.25) is 0 Å². The molecule has 0 spiro atoms. The summed E-state index contributed by atoms with van der Waals surface area (Å²) in [5.74, 6) is 0.454. The average Bonchev–Trinajstić information content (AvgIpc) is 3.46. The number of fused-ring (bicyclic) bond motifs is 1. The number of benzene rings is 3. The van der Waals surface area contributed by atoms with Crippen LogP contribution in [0.1, 0.15) is 40.7 Å². The van der Waals surface area contributed by atoms with Crippen LogP contribution in [-0.2, 0) is 0 Å². The summed E-state index contributed by atoms with van der Waals surface area (Å²) in [6, 6.07) is 21.6. The first-order valence-electron chi connectivity index (χ1n) is 14.3. The third-order valence-corrected chi connectivity index (χ3v) is 8.25. The van der Waals surface area contributed by atoms with Gasteiger partial charge in [0, 0.05) is 67.7 Å². The zero-order valence-electron chi connectivity index (χ0n) is 23.5. The molecule has 0 saturated carbocycles. The summed E-state index contributed by atoms with van der Waals surface area (Å²) in [5, 5.41) is 15.6. The van der Waals surface area contributed by atoms with E-state index in [1.165, 1.54) is 6.07 Å². The third kappa shape index (κ3) is 5.65. The smallest absolute Gasteiger partial charge is 0.293 e. The molecule has 2 aliphatic heterocycles. The van der Waals surface area contributed by atoms with Gasteiger partial charge in [-0.3, -0.25) is 19.7 Å². The largest absolute Gasteiger partial charge is 0.451 e. The summed E-state index contributed by atoms with van der Waals surface area (Å²) in [5.41, 5.74) is 3.04. The summed E-state index contributed by atoms with van der Waals surface area (Å²) in [4.78, 5) is 43.4. The first kappa shape index (κ1) is 27.3. The Kier molecular flexibility index (Phi) is 7.52. The van der Waals surface area contributed by atoms with E-state index in [-0.39, 0.29) is 17.2 Å². The van der Waals surface area contributed by atoms with E-state index in [4.69, 9.17) is 4.42 Å². The van der Waals surface area contributed by atoms with Gasteiger partial charge in [0.25, 0.3) is 17.5 Å². The lowest BCUT2D eigenvalue weighted by atomic mass is 9.98. The van der Waals surface area contributed by atoms with E-state index >= 15 is 0 Å². The van der Waals surface area contributed by atoms with Crippen LogP contribution in [0.5, 0.6) is 0 Å². The Morgan fingerprint density at radius 3 is 2.29 bits per heavy atom. The minimum atomic E-state index is -0.414. The van der Waals surface area contributed by atoms with Gasteiger partial charge in [-0.25, -0.2) is 0 Å². The highest BCUT2D eigenvalue weighted by Gasteiger charge is 2.26.